The van der Waals surface area contributed by atoms with Gasteiger partial charge in [0.2, 0.25) is 11.8 Å². The molecule has 1 unspecified atom stereocenters. The number of carboxylic acid groups (broad SMARTS) is 1. The minimum atomic E-state index is -1.03. The second-order valence-corrected chi connectivity index (χ2v) is 16.6. The molecular formula is C44H84N2O12. The van der Waals surface area contributed by atoms with Crippen molar-refractivity contribution in [2.45, 2.75) is 194 Å². The van der Waals surface area contributed by atoms with E-state index in [0.717, 1.165) is 32.1 Å². The number of ether oxygens (including phenoxy) is 6. The molecule has 0 radical (unpaired) electrons. The fourth-order valence-corrected chi connectivity index (χ4v) is 5.45. The number of methoxy groups -OCH3 is 1. The molecule has 0 saturated heterocycles. The van der Waals surface area contributed by atoms with Crippen LogP contribution < -0.4 is 10.6 Å². The van der Waals surface area contributed by atoms with Crippen LogP contribution in [0.25, 0.3) is 0 Å². The fourth-order valence-electron chi connectivity index (χ4n) is 5.45. The molecule has 1 atom stereocenters. The predicted octanol–water partition coefficient (Wildman–Crippen LogP) is 7.86. The Morgan fingerprint density at radius 2 is 1.00 bits per heavy atom. The molecule has 58 heavy (non-hydrogen) atoms. The van der Waals surface area contributed by atoms with Gasteiger partial charge in [-0.25, -0.2) is 4.79 Å². The highest BCUT2D eigenvalue weighted by Gasteiger charge is 2.27. The molecule has 0 fully saturated rings. The lowest BCUT2D eigenvalue weighted by Crippen LogP contribution is -2.44. The molecule has 3 N–H and O–H groups in total. The van der Waals surface area contributed by atoms with E-state index in [1.165, 1.54) is 64.2 Å². The first-order valence-electron chi connectivity index (χ1n) is 22.0. The number of carboxylic acids is 1. The van der Waals surface area contributed by atoms with Gasteiger partial charge in [0.25, 0.3) is 0 Å². The molecule has 0 aliphatic rings. The summed E-state index contributed by atoms with van der Waals surface area (Å²) in [7, 11) is 1.65. The molecule has 0 aromatic heterocycles. The summed E-state index contributed by atoms with van der Waals surface area (Å²) in [6.07, 6.45) is 19.0. The Balaban J connectivity index is 0. The van der Waals surface area contributed by atoms with Crippen LogP contribution in [0.5, 0.6) is 0 Å². The highest BCUT2D eigenvalue weighted by molar-refractivity contribution is 5.85. The van der Waals surface area contributed by atoms with Gasteiger partial charge in [0, 0.05) is 45.9 Å². The van der Waals surface area contributed by atoms with Crippen LogP contribution in [0.3, 0.4) is 0 Å². The van der Waals surface area contributed by atoms with Crippen molar-refractivity contribution in [1.82, 2.24) is 10.6 Å². The van der Waals surface area contributed by atoms with Crippen molar-refractivity contribution in [2.24, 2.45) is 0 Å². The number of aliphatic carboxylic acids is 1. The fraction of sp³-hybridized carbons (Fsp3) is 0.886. The molecular weight excluding hydrogens is 748 g/mol. The van der Waals surface area contributed by atoms with Crippen LogP contribution in [0.2, 0.25) is 0 Å². The Morgan fingerprint density at radius 3 is 1.48 bits per heavy atom. The summed E-state index contributed by atoms with van der Waals surface area (Å²) < 4.78 is 31.4. The number of nitrogens with one attached hydrogen (secondary N) is 2. The van der Waals surface area contributed by atoms with Gasteiger partial charge in [0.15, 0.2) is 0 Å². The van der Waals surface area contributed by atoms with Crippen molar-refractivity contribution in [3.63, 3.8) is 0 Å². The summed E-state index contributed by atoms with van der Waals surface area (Å²) in [6, 6.07) is -0.964. The van der Waals surface area contributed by atoms with Crippen LogP contribution >= 0.6 is 0 Å². The molecule has 342 valence electrons. The van der Waals surface area contributed by atoms with Gasteiger partial charge in [0.05, 0.1) is 39.6 Å². The third-order valence-corrected chi connectivity index (χ3v) is 8.32. The molecule has 0 aromatic carbocycles. The second-order valence-electron chi connectivity index (χ2n) is 16.6. The van der Waals surface area contributed by atoms with Gasteiger partial charge >= 0.3 is 17.9 Å². The van der Waals surface area contributed by atoms with E-state index in [0.29, 0.717) is 59.0 Å². The molecule has 0 aromatic rings. The van der Waals surface area contributed by atoms with Crippen LogP contribution in [0.1, 0.15) is 177 Å². The molecule has 0 saturated carbocycles. The quantitative estimate of drug-likeness (QED) is 0.0411. The Hall–Kier alpha value is -2.81. The molecule has 0 spiro atoms. The number of hydrogen-bond acceptors (Lipinski definition) is 11. The van der Waals surface area contributed by atoms with E-state index >= 15 is 0 Å². The zero-order chi connectivity index (χ0) is 43.9. The molecule has 0 heterocycles. The Kier molecular flexibility index (Phi) is 37.9. The van der Waals surface area contributed by atoms with E-state index in [4.69, 9.17) is 33.5 Å². The predicted molar refractivity (Wildman–Crippen MR) is 227 cm³/mol. The van der Waals surface area contributed by atoms with E-state index in [9.17, 15) is 24.0 Å². The third-order valence-electron chi connectivity index (χ3n) is 8.32. The topological polar surface area (TPSA) is 185 Å². The molecule has 0 aliphatic heterocycles. The first-order valence-corrected chi connectivity index (χ1v) is 22.0. The summed E-state index contributed by atoms with van der Waals surface area (Å²) in [4.78, 5) is 58.0. The SMILES string of the molecule is CCCOCCC(=O)NC(CCC(=O)O)C(=O)OC(C)(C)C.COCCOCCOCCNC(=O)CCCCCCCCCCCCCCCCC(=O)OC(C)(C)C. The number of esters is 2. The second kappa shape index (κ2) is 38.4. The Morgan fingerprint density at radius 1 is 0.534 bits per heavy atom. The van der Waals surface area contributed by atoms with Crippen molar-refractivity contribution in [3.8, 4) is 0 Å². The largest absolute Gasteiger partial charge is 0.481 e. The average molecular weight is 833 g/mol. The van der Waals surface area contributed by atoms with Gasteiger partial charge < -0.3 is 44.2 Å². The van der Waals surface area contributed by atoms with E-state index < -0.39 is 23.6 Å². The zero-order valence-electron chi connectivity index (χ0n) is 37.8. The number of hydrogen-bond donors (Lipinski definition) is 3. The standard InChI is InChI=1S/C29H57NO6.C15H27NO6/c1-29(2,3)36-28(32)20-18-16-14-12-10-8-6-5-7-9-11-13-15-17-19-27(31)30-21-22-34-25-26-35-24-23-33-4;1-5-9-21-10-8-12(17)16-11(6-7-13(18)19)14(20)22-15(2,3)4/h5-26H2,1-4H3,(H,30,31);11H,5-10H2,1-4H3,(H,16,17)(H,18,19). The molecule has 14 nitrogen and oxygen atoms in total. The van der Waals surface area contributed by atoms with Crippen LogP contribution in [0.15, 0.2) is 0 Å². The van der Waals surface area contributed by atoms with Crippen molar-refractivity contribution < 1.29 is 57.5 Å². The zero-order valence-corrected chi connectivity index (χ0v) is 37.8. The summed E-state index contributed by atoms with van der Waals surface area (Å²) >= 11 is 0. The van der Waals surface area contributed by atoms with Crippen molar-refractivity contribution in [1.29, 1.82) is 0 Å². The van der Waals surface area contributed by atoms with Crippen molar-refractivity contribution in [3.05, 3.63) is 0 Å². The maximum absolute atomic E-state index is 12.0. The summed E-state index contributed by atoms with van der Waals surface area (Å²) in [5, 5.41) is 14.2. The molecule has 0 rings (SSSR count). The molecule has 0 bridgehead atoms. The van der Waals surface area contributed by atoms with Crippen LogP contribution in [0, 0.1) is 0 Å². The minimum Gasteiger partial charge on any atom is -0.481 e. The van der Waals surface area contributed by atoms with Crippen LogP contribution in [0.4, 0.5) is 0 Å². The third kappa shape index (κ3) is 45.9. The first kappa shape index (κ1) is 57.3. The monoisotopic (exact) mass is 833 g/mol. The number of unbranched alkanes of at least 4 members (excludes halogenated alkanes) is 13. The van der Waals surface area contributed by atoms with Gasteiger partial charge in [-0.2, -0.15) is 0 Å². The average Bonchev–Trinajstić information content (AvgIpc) is 3.13. The number of rotatable bonds is 36. The number of amides is 2. The minimum absolute atomic E-state index is 0.00813. The molecule has 14 heteroatoms. The van der Waals surface area contributed by atoms with Gasteiger partial charge in [-0.05, 0) is 67.2 Å². The van der Waals surface area contributed by atoms with E-state index in [2.05, 4.69) is 10.6 Å². The van der Waals surface area contributed by atoms with Crippen LogP contribution in [-0.2, 0) is 52.4 Å². The Labute approximate surface area is 351 Å². The summed E-state index contributed by atoms with van der Waals surface area (Å²) in [5.74, 6) is -1.97. The first-order chi connectivity index (χ1) is 27.5. The van der Waals surface area contributed by atoms with Crippen molar-refractivity contribution in [2.75, 3.05) is 59.9 Å². The highest BCUT2D eigenvalue weighted by Crippen LogP contribution is 2.15. The summed E-state index contributed by atoms with van der Waals surface area (Å²) in [5.41, 5.74) is -1.07. The van der Waals surface area contributed by atoms with Crippen molar-refractivity contribution >= 4 is 29.7 Å². The van der Waals surface area contributed by atoms with E-state index in [1.54, 1.807) is 27.9 Å². The lowest BCUT2D eigenvalue weighted by atomic mass is 10.0. The summed E-state index contributed by atoms with van der Waals surface area (Å²) in [6.45, 7) is 17.0. The van der Waals surface area contributed by atoms with Gasteiger partial charge in [-0.15, -0.1) is 0 Å². The van der Waals surface area contributed by atoms with E-state index in [1.807, 2.05) is 27.7 Å². The number of carbonyl (C=O) groups excluding carboxylic acids is 4. The normalized spacial score (nSPS) is 11.9. The van der Waals surface area contributed by atoms with Gasteiger partial charge in [0.1, 0.15) is 17.2 Å². The maximum atomic E-state index is 12.0. The molecule has 2 amide bonds. The van der Waals surface area contributed by atoms with Crippen LogP contribution in [-0.4, -0.2) is 112 Å². The lowest BCUT2D eigenvalue weighted by molar-refractivity contribution is -0.159. The number of carbonyl (C=O) groups is 5. The van der Waals surface area contributed by atoms with Gasteiger partial charge in [-0.1, -0.05) is 84.0 Å². The smallest absolute Gasteiger partial charge is 0.329 e. The lowest BCUT2D eigenvalue weighted by Gasteiger charge is -2.24. The van der Waals surface area contributed by atoms with E-state index in [-0.39, 0.29) is 49.3 Å². The highest BCUT2D eigenvalue weighted by atomic mass is 16.6. The maximum Gasteiger partial charge on any atom is 0.329 e. The molecule has 0 aliphatic carbocycles. The van der Waals surface area contributed by atoms with Gasteiger partial charge in [-0.3, -0.25) is 19.2 Å². The Bertz CT molecular complexity index is 1040.